The molecular formula is C15H25N3O. The van der Waals surface area contributed by atoms with Crippen molar-refractivity contribution in [2.24, 2.45) is 5.92 Å². The molecule has 0 atom stereocenters. The van der Waals surface area contributed by atoms with Gasteiger partial charge in [0.1, 0.15) is 5.60 Å². The summed E-state index contributed by atoms with van der Waals surface area (Å²) in [7, 11) is 1.78. The van der Waals surface area contributed by atoms with Gasteiger partial charge >= 0.3 is 0 Å². The molecule has 0 unspecified atom stereocenters. The second kappa shape index (κ2) is 6.44. The van der Waals surface area contributed by atoms with E-state index in [-0.39, 0.29) is 5.60 Å². The Morgan fingerprint density at radius 2 is 2.11 bits per heavy atom. The van der Waals surface area contributed by atoms with Crippen molar-refractivity contribution in [2.45, 2.75) is 51.7 Å². The van der Waals surface area contributed by atoms with Crippen LogP contribution in [0.25, 0.3) is 0 Å². The highest BCUT2D eigenvalue weighted by Gasteiger charge is 2.38. The summed E-state index contributed by atoms with van der Waals surface area (Å²) in [6, 6.07) is 1.98. The number of ether oxygens (including phenoxy) is 1. The van der Waals surface area contributed by atoms with Gasteiger partial charge in [0.05, 0.1) is 5.69 Å². The van der Waals surface area contributed by atoms with Gasteiger partial charge in [-0.2, -0.15) is 0 Å². The SMILES string of the molecule is COC1(c2nccc(CNCC(C)C)n2)CCCC1. The summed E-state index contributed by atoms with van der Waals surface area (Å²) in [4.78, 5) is 9.14. The molecule has 0 aromatic carbocycles. The summed E-state index contributed by atoms with van der Waals surface area (Å²) in [6.07, 6.45) is 6.33. The van der Waals surface area contributed by atoms with Gasteiger partial charge in [0, 0.05) is 19.9 Å². The average molecular weight is 263 g/mol. The standard InChI is InChI=1S/C15H25N3O/c1-12(2)10-16-11-13-6-9-17-14(18-13)15(19-3)7-4-5-8-15/h6,9,12,16H,4-5,7-8,10-11H2,1-3H3. The summed E-state index contributed by atoms with van der Waals surface area (Å²) in [5, 5.41) is 3.42. The van der Waals surface area contributed by atoms with Crippen LogP contribution in [-0.4, -0.2) is 23.6 Å². The maximum Gasteiger partial charge on any atom is 0.160 e. The van der Waals surface area contributed by atoms with Gasteiger partial charge < -0.3 is 10.1 Å². The minimum absolute atomic E-state index is 0.242. The predicted octanol–water partition coefficient (Wildman–Crippen LogP) is 2.64. The number of nitrogens with one attached hydrogen (secondary N) is 1. The molecule has 0 aliphatic heterocycles. The highest BCUT2D eigenvalue weighted by Crippen LogP contribution is 2.39. The van der Waals surface area contributed by atoms with Gasteiger partial charge in [0.15, 0.2) is 5.82 Å². The van der Waals surface area contributed by atoms with Crippen LogP contribution in [0.5, 0.6) is 0 Å². The molecule has 0 radical (unpaired) electrons. The maximum atomic E-state index is 5.74. The van der Waals surface area contributed by atoms with Gasteiger partial charge in [-0.3, -0.25) is 0 Å². The molecule has 1 fully saturated rings. The number of hydrogen-bond acceptors (Lipinski definition) is 4. The molecule has 1 aliphatic carbocycles. The molecule has 0 spiro atoms. The third-order valence-corrected chi connectivity index (χ3v) is 3.78. The third-order valence-electron chi connectivity index (χ3n) is 3.78. The normalized spacial score (nSPS) is 18.1. The summed E-state index contributed by atoms with van der Waals surface area (Å²) < 4.78 is 5.74. The smallest absolute Gasteiger partial charge is 0.160 e. The number of hydrogen-bond donors (Lipinski definition) is 1. The van der Waals surface area contributed by atoms with Crippen molar-refractivity contribution >= 4 is 0 Å². The molecule has 1 heterocycles. The van der Waals surface area contributed by atoms with Crippen molar-refractivity contribution in [2.75, 3.05) is 13.7 Å². The zero-order valence-electron chi connectivity index (χ0n) is 12.3. The Kier molecular flexibility index (Phi) is 4.88. The first-order valence-electron chi connectivity index (χ1n) is 7.24. The molecule has 106 valence electrons. The van der Waals surface area contributed by atoms with Crippen LogP contribution in [0.1, 0.15) is 51.0 Å². The Labute approximate surface area is 116 Å². The van der Waals surface area contributed by atoms with E-state index >= 15 is 0 Å². The molecule has 1 aromatic rings. The Hall–Kier alpha value is -1.00. The third kappa shape index (κ3) is 3.51. The summed E-state index contributed by atoms with van der Waals surface area (Å²) in [6.45, 7) is 6.22. The highest BCUT2D eigenvalue weighted by atomic mass is 16.5. The van der Waals surface area contributed by atoms with Gasteiger partial charge in [-0.05, 0) is 44.2 Å². The van der Waals surface area contributed by atoms with Gasteiger partial charge in [0.25, 0.3) is 0 Å². The van der Waals surface area contributed by atoms with Crippen LogP contribution in [0.4, 0.5) is 0 Å². The van der Waals surface area contributed by atoms with Crippen LogP contribution in [0.15, 0.2) is 12.3 Å². The van der Waals surface area contributed by atoms with E-state index in [2.05, 4.69) is 24.1 Å². The molecule has 2 rings (SSSR count). The largest absolute Gasteiger partial charge is 0.370 e. The van der Waals surface area contributed by atoms with E-state index in [0.717, 1.165) is 37.4 Å². The van der Waals surface area contributed by atoms with Gasteiger partial charge in [-0.15, -0.1) is 0 Å². The molecule has 1 saturated carbocycles. The molecule has 1 N–H and O–H groups in total. The first kappa shape index (κ1) is 14.4. The number of methoxy groups -OCH3 is 1. The molecule has 4 heteroatoms. The molecule has 0 amide bonds. The lowest BCUT2D eigenvalue weighted by molar-refractivity contribution is -0.0164. The van der Waals surface area contributed by atoms with E-state index in [0.29, 0.717) is 5.92 Å². The second-order valence-electron chi connectivity index (χ2n) is 5.80. The molecule has 4 nitrogen and oxygen atoms in total. The summed E-state index contributed by atoms with van der Waals surface area (Å²) >= 11 is 0. The van der Waals surface area contributed by atoms with E-state index in [9.17, 15) is 0 Å². The maximum absolute atomic E-state index is 5.74. The highest BCUT2D eigenvalue weighted by molar-refractivity contribution is 5.10. The van der Waals surface area contributed by atoms with Crippen LogP contribution >= 0.6 is 0 Å². The van der Waals surface area contributed by atoms with Gasteiger partial charge in [0.2, 0.25) is 0 Å². The lowest BCUT2D eigenvalue weighted by Crippen LogP contribution is -2.28. The molecule has 19 heavy (non-hydrogen) atoms. The van der Waals surface area contributed by atoms with Crippen molar-refractivity contribution in [3.05, 3.63) is 23.8 Å². The zero-order chi connectivity index (χ0) is 13.7. The summed E-state index contributed by atoms with van der Waals surface area (Å²) in [5.74, 6) is 1.51. The van der Waals surface area contributed by atoms with E-state index in [1.54, 1.807) is 7.11 Å². The Balaban J connectivity index is 2.06. The molecule has 0 bridgehead atoms. The Morgan fingerprint density at radius 3 is 2.74 bits per heavy atom. The Morgan fingerprint density at radius 1 is 1.37 bits per heavy atom. The number of rotatable bonds is 6. The van der Waals surface area contributed by atoms with Crippen LogP contribution in [0, 0.1) is 5.92 Å². The van der Waals surface area contributed by atoms with Crippen LogP contribution in [0.2, 0.25) is 0 Å². The van der Waals surface area contributed by atoms with Crippen LogP contribution in [-0.2, 0) is 16.9 Å². The lowest BCUT2D eigenvalue weighted by atomic mass is 10.0. The van der Waals surface area contributed by atoms with Crippen molar-refractivity contribution < 1.29 is 4.74 Å². The van der Waals surface area contributed by atoms with E-state index in [4.69, 9.17) is 9.72 Å². The Bertz CT molecular complexity index is 400. The first-order valence-corrected chi connectivity index (χ1v) is 7.24. The molecule has 1 aliphatic rings. The van der Waals surface area contributed by atoms with Crippen LogP contribution in [0.3, 0.4) is 0 Å². The van der Waals surface area contributed by atoms with E-state index in [1.165, 1.54) is 12.8 Å². The van der Waals surface area contributed by atoms with Crippen LogP contribution < -0.4 is 5.32 Å². The molecule has 1 aromatic heterocycles. The predicted molar refractivity (Wildman–Crippen MR) is 75.7 cm³/mol. The van der Waals surface area contributed by atoms with Crippen molar-refractivity contribution in [1.82, 2.24) is 15.3 Å². The molecule has 0 saturated heterocycles. The van der Waals surface area contributed by atoms with Crippen molar-refractivity contribution in [1.29, 1.82) is 0 Å². The van der Waals surface area contributed by atoms with Crippen molar-refractivity contribution in [3.8, 4) is 0 Å². The number of aromatic nitrogens is 2. The molecular weight excluding hydrogens is 238 g/mol. The fourth-order valence-electron chi connectivity index (χ4n) is 2.67. The average Bonchev–Trinajstić information content (AvgIpc) is 2.89. The second-order valence-corrected chi connectivity index (χ2v) is 5.80. The quantitative estimate of drug-likeness (QED) is 0.857. The zero-order valence-corrected chi connectivity index (χ0v) is 12.3. The minimum atomic E-state index is -0.242. The first-order chi connectivity index (χ1) is 9.16. The van der Waals surface area contributed by atoms with Crippen molar-refractivity contribution in [3.63, 3.8) is 0 Å². The topological polar surface area (TPSA) is 47.0 Å². The van der Waals surface area contributed by atoms with Gasteiger partial charge in [-0.1, -0.05) is 13.8 Å². The fourth-order valence-corrected chi connectivity index (χ4v) is 2.67. The fraction of sp³-hybridized carbons (Fsp3) is 0.733. The van der Waals surface area contributed by atoms with E-state index in [1.807, 2.05) is 12.3 Å². The monoisotopic (exact) mass is 263 g/mol. The van der Waals surface area contributed by atoms with Gasteiger partial charge in [-0.25, -0.2) is 9.97 Å². The minimum Gasteiger partial charge on any atom is -0.370 e. The lowest BCUT2D eigenvalue weighted by Gasteiger charge is -2.25. The summed E-state index contributed by atoms with van der Waals surface area (Å²) in [5.41, 5.74) is 0.808. The van der Waals surface area contributed by atoms with E-state index < -0.39 is 0 Å². The number of nitrogens with zero attached hydrogens (tertiary/aromatic N) is 2.